The molecule has 10 heteroatoms. The lowest BCUT2D eigenvalue weighted by atomic mass is 10.1. The average Bonchev–Trinajstić information content (AvgIpc) is 2.89. The Kier molecular flexibility index (Phi) is 25.1. The number of ether oxygens (including phenoxy) is 2. The summed E-state index contributed by atoms with van der Waals surface area (Å²) in [5, 5.41) is 0. The fraction of sp³-hybridized carbons (Fsp3) is 0.857. The predicted octanol–water partition coefficient (Wildman–Crippen LogP) is 6.76. The highest BCUT2D eigenvalue weighted by Crippen LogP contribution is 2.43. The number of phosphoric ester groups is 1. The molecule has 0 heterocycles. The van der Waals surface area contributed by atoms with Crippen molar-refractivity contribution < 1.29 is 37.6 Å². The minimum absolute atomic E-state index is 0.0534. The highest BCUT2D eigenvalue weighted by Gasteiger charge is 2.25. The average molecular weight is 564 g/mol. The van der Waals surface area contributed by atoms with E-state index in [4.69, 9.17) is 24.3 Å². The monoisotopic (exact) mass is 563 g/mol. The van der Waals surface area contributed by atoms with Crippen molar-refractivity contribution in [1.29, 1.82) is 0 Å². The van der Waals surface area contributed by atoms with Gasteiger partial charge in [-0.2, -0.15) is 0 Å². The van der Waals surface area contributed by atoms with Crippen LogP contribution in [-0.2, 0) is 32.7 Å². The van der Waals surface area contributed by atoms with Gasteiger partial charge in [0.25, 0.3) is 0 Å². The van der Waals surface area contributed by atoms with Crippen LogP contribution in [-0.4, -0.2) is 49.3 Å². The molecule has 2 unspecified atom stereocenters. The van der Waals surface area contributed by atoms with Gasteiger partial charge in [-0.3, -0.25) is 18.6 Å². The van der Waals surface area contributed by atoms with E-state index in [0.717, 1.165) is 57.8 Å². The van der Waals surface area contributed by atoms with Gasteiger partial charge in [0.1, 0.15) is 6.61 Å². The lowest BCUT2D eigenvalue weighted by molar-refractivity contribution is -0.161. The van der Waals surface area contributed by atoms with Gasteiger partial charge in [-0.05, 0) is 38.5 Å². The molecular weight excluding hydrogens is 509 g/mol. The number of hydrogen-bond donors (Lipinski definition) is 2. The van der Waals surface area contributed by atoms with E-state index in [1.165, 1.54) is 32.1 Å². The molecule has 0 aliphatic heterocycles. The standard InChI is InChI=1S/C28H54NO8P/c1-3-5-7-9-10-11-12-13-14-15-16-17-19-21-28(31)37-26(25-36-38(32,33)35-23-22-29)24-34-27(30)20-18-8-6-4-2/h11-12,26H,3-10,13-25,29H2,1-2H3,(H,32,33)/b12-11-. The molecule has 0 aromatic carbocycles. The summed E-state index contributed by atoms with van der Waals surface area (Å²) in [5.41, 5.74) is 5.28. The van der Waals surface area contributed by atoms with Crippen molar-refractivity contribution in [2.24, 2.45) is 5.73 Å². The first-order valence-corrected chi connectivity index (χ1v) is 16.2. The van der Waals surface area contributed by atoms with Gasteiger partial charge in [0.2, 0.25) is 0 Å². The molecule has 0 aromatic rings. The van der Waals surface area contributed by atoms with E-state index < -0.39 is 32.5 Å². The number of carbonyl (C=O) groups is 2. The van der Waals surface area contributed by atoms with E-state index >= 15 is 0 Å². The summed E-state index contributed by atoms with van der Waals surface area (Å²) in [6.45, 7) is 3.53. The van der Waals surface area contributed by atoms with Crippen LogP contribution in [0.25, 0.3) is 0 Å². The quantitative estimate of drug-likeness (QED) is 0.0481. The van der Waals surface area contributed by atoms with E-state index in [1.54, 1.807) is 0 Å². The molecule has 0 bridgehead atoms. The smallest absolute Gasteiger partial charge is 0.462 e. The molecule has 224 valence electrons. The highest BCUT2D eigenvalue weighted by molar-refractivity contribution is 7.47. The maximum Gasteiger partial charge on any atom is 0.472 e. The molecule has 0 aliphatic rings. The molecule has 0 fully saturated rings. The van der Waals surface area contributed by atoms with Gasteiger partial charge in [0, 0.05) is 19.4 Å². The van der Waals surface area contributed by atoms with Crippen molar-refractivity contribution in [2.75, 3.05) is 26.4 Å². The van der Waals surface area contributed by atoms with Crippen molar-refractivity contribution in [3.63, 3.8) is 0 Å². The second-order valence-electron chi connectivity index (χ2n) is 9.62. The molecule has 0 aliphatic carbocycles. The summed E-state index contributed by atoms with van der Waals surface area (Å²) in [6.07, 6.45) is 20.2. The lowest BCUT2D eigenvalue weighted by Gasteiger charge is -2.19. The Bertz CT molecular complexity index is 659. The predicted molar refractivity (Wildman–Crippen MR) is 151 cm³/mol. The maximum absolute atomic E-state index is 12.3. The van der Waals surface area contributed by atoms with Crippen LogP contribution < -0.4 is 5.73 Å². The number of phosphoric acid groups is 1. The molecule has 0 amide bonds. The third kappa shape index (κ3) is 25.1. The Balaban J connectivity index is 4.27. The molecule has 0 saturated carbocycles. The summed E-state index contributed by atoms with van der Waals surface area (Å²) in [5.74, 6) is -0.862. The highest BCUT2D eigenvalue weighted by atomic mass is 31.2. The first-order valence-electron chi connectivity index (χ1n) is 14.7. The van der Waals surface area contributed by atoms with Crippen LogP contribution in [0.3, 0.4) is 0 Å². The molecule has 38 heavy (non-hydrogen) atoms. The van der Waals surface area contributed by atoms with Gasteiger partial charge in [-0.15, -0.1) is 0 Å². The van der Waals surface area contributed by atoms with Gasteiger partial charge in [-0.1, -0.05) is 83.8 Å². The van der Waals surface area contributed by atoms with Gasteiger partial charge < -0.3 is 20.1 Å². The van der Waals surface area contributed by atoms with Crippen LogP contribution in [0.5, 0.6) is 0 Å². The van der Waals surface area contributed by atoms with E-state index in [1.807, 2.05) is 0 Å². The van der Waals surface area contributed by atoms with Crippen LogP contribution in [0.4, 0.5) is 0 Å². The molecule has 0 rings (SSSR count). The number of rotatable bonds is 27. The molecule has 2 atom stereocenters. The molecule has 3 N–H and O–H groups in total. The topological polar surface area (TPSA) is 134 Å². The number of hydrogen-bond acceptors (Lipinski definition) is 8. The van der Waals surface area contributed by atoms with E-state index in [2.05, 4.69) is 26.0 Å². The maximum atomic E-state index is 12.3. The lowest BCUT2D eigenvalue weighted by Crippen LogP contribution is -2.29. The van der Waals surface area contributed by atoms with E-state index in [-0.39, 0.29) is 32.6 Å². The number of esters is 2. The normalized spacial score (nSPS) is 13.9. The van der Waals surface area contributed by atoms with Gasteiger partial charge >= 0.3 is 19.8 Å². The van der Waals surface area contributed by atoms with Crippen LogP contribution in [0.2, 0.25) is 0 Å². The minimum Gasteiger partial charge on any atom is -0.462 e. The zero-order valence-electron chi connectivity index (χ0n) is 23.9. The third-order valence-corrected chi connectivity index (χ3v) is 6.89. The molecule has 0 radical (unpaired) electrons. The summed E-state index contributed by atoms with van der Waals surface area (Å²) in [6, 6.07) is 0. The first kappa shape index (κ1) is 36.8. The zero-order valence-corrected chi connectivity index (χ0v) is 24.8. The van der Waals surface area contributed by atoms with Gasteiger partial charge in [0.15, 0.2) is 6.10 Å². The molecule has 0 saturated heterocycles. The summed E-state index contributed by atoms with van der Waals surface area (Å²) < 4.78 is 32.1. The molecule has 0 aromatic heterocycles. The molecule has 0 spiro atoms. The largest absolute Gasteiger partial charge is 0.472 e. The molecule has 9 nitrogen and oxygen atoms in total. The van der Waals surface area contributed by atoms with Crippen molar-refractivity contribution in [2.45, 2.75) is 129 Å². The van der Waals surface area contributed by atoms with Gasteiger partial charge in [-0.25, -0.2) is 4.57 Å². The summed E-state index contributed by atoms with van der Waals surface area (Å²) in [4.78, 5) is 34.0. The van der Waals surface area contributed by atoms with Crippen LogP contribution in [0.1, 0.15) is 123 Å². The number of carbonyl (C=O) groups excluding carboxylic acids is 2. The second kappa shape index (κ2) is 26.0. The van der Waals surface area contributed by atoms with Crippen molar-refractivity contribution in [3.8, 4) is 0 Å². The minimum atomic E-state index is -4.35. The van der Waals surface area contributed by atoms with Crippen molar-refractivity contribution in [3.05, 3.63) is 12.2 Å². The van der Waals surface area contributed by atoms with E-state index in [0.29, 0.717) is 6.42 Å². The van der Waals surface area contributed by atoms with Crippen LogP contribution in [0, 0.1) is 0 Å². The SMILES string of the molecule is CCCCCC/C=C\CCCCCCCC(=O)OC(COC(=O)CCCCCC)COP(=O)(O)OCCN. The third-order valence-electron chi connectivity index (χ3n) is 5.90. The Morgan fingerprint density at radius 3 is 1.89 bits per heavy atom. The summed E-state index contributed by atoms with van der Waals surface area (Å²) >= 11 is 0. The Morgan fingerprint density at radius 2 is 1.29 bits per heavy atom. The number of allylic oxidation sites excluding steroid dienone is 2. The fourth-order valence-electron chi connectivity index (χ4n) is 3.68. The van der Waals surface area contributed by atoms with Crippen LogP contribution >= 0.6 is 7.82 Å². The second-order valence-corrected chi connectivity index (χ2v) is 11.1. The Morgan fingerprint density at radius 1 is 0.763 bits per heavy atom. The zero-order chi connectivity index (χ0) is 28.3. The first-order chi connectivity index (χ1) is 18.3. The number of unbranched alkanes of at least 4 members (excludes halogenated alkanes) is 12. The van der Waals surface area contributed by atoms with E-state index in [9.17, 15) is 19.0 Å². The van der Waals surface area contributed by atoms with Crippen LogP contribution in [0.15, 0.2) is 12.2 Å². The van der Waals surface area contributed by atoms with Crippen molar-refractivity contribution >= 4 is 19.8 Å². The van der Waals surface area contributed by atoms with Gasteiger partial charge in [0.05, 0.1) is 13.2 Å². The number of nitrogens with two attached hydrogens (primary N) is 1. The summed E-state index contributed by atoms with van der Waals surface area (Å²) in [7, 11) is -4.35. The van der Waals surface area contributed by atoms with Crippen molar-refractivity contribution in [1.82, 2.24) is 0 Å². The molecular formula is C28H54NO8P. The fourth-order valence-corrected chi connectivity index (χ4v) is 4.45. The Hall–Kier alpha value is -1.25. The Labute approximate surface area is 230 Å².